The van der Waals surface area contributed by atoms with Gasteiger partial charge in [0.2, 0.25) is 5.91 Å². The van der Waals surface area contributed by atoms with E-state index < -0.39 is 0 Å². The van der Waals surface area contributed by atoms with E-state index in [9.17, 15) is 4.79 Å². The summed E-state index contributed by atoms with van der Waals surface area (Å²) in [5.74, 6) is 2.16. The summed E-state index contributed by atoms with van der Waals surface area (Å²) in [6.45, 7) is 5.48. The smallest absolute Gasteiger partial charge is 0.230 e. The number of benzene rings is 1. The van der Waals surface area contributed by atoms with Gasteiger partial charge in [0.15, 0.2) is 0 Å². The van der Waals surface area contributed by atoms with Crippen LogP contribution >= 0.6 is 0 Å². The van der Waals surface area contributed by atoms with Crippen LogP contribution in [0.1, 0.15) is 31.4 Å². The Hall–Kier alpha value is -3.74. The lowest BCUT2D eigenvalue weighted by Gasteiger charge is -2.21. The number of nitrogens with zero attached hydrogens (tertiary/aromatic N) is 4. The van der Waals surface area contributed by atoms with Crippen LogP contribution in [0, 0.1) is 5.92 Å². The van der Waals surface area contributed by atoms with Crippen molar-refractivity contribution in [3.63, 3.8) is 0 Å². The maximum absolute atomic E-state index is 12.9. The first-order valence-electron chi connectivity index (χ1n) is 10.9. The summed E-state index contributed by atoms with van der Waals surface area (Å²) in [5, 5.41) is 2.98. The molecule has 2 aliphatic rings. The van der Waals surface area contributed by atoms with Crippen molar-refractivity contribution in [1.82, 2.24) is 9.97 Å². The SMILES string of the molecule is CC(C)Oc1ccc2c(c1)C(c1ccnc(NC(=O)C3CCN(c4ccccn4)C3)c1)=N2. The molecular weight excluding hydrogens is 402 g/mol. The van der Waals surface area contributed by atoms with Crippen LogP contribution in [-0.4, -0.2) is 40.8 Å². The molecule has 5 rings (SSSR count). The maximum Gasteiger partial charge on any atom is 0.230 e. The van der Waals surface area contributed by atoms with E-state index in [1.807, 2.05) is 62.4 Å². The summed E-state index contributed by atoms with van der Waals surface area (Å²) in [6.07, 6.45) is 4.38. The highest BCUT2D eigenvalue weighted by molar-refractivity contribution is 6.22. The van der Waals surface area contributed by atoms with Gasteiger partial charge < -0.3 is 15.0 Å². The van der Waals surface area contributed by atoms with Crippen molar-refractivity contribution in [2.75, 3.05) is 23.3 Å². The lowest BCUT2D eigenvalue weighted by atomic mass is 9.96. The van der Waals surface area contributed by atoms with E-state index in [4.69, 9.17) is 4.74 Å². The highest BCUT2D eigenvalue weighted by Gasteiger charge is 2.29. The van der Waals surface area contributed by atoms with Gasteiger partial charge in [-0.1, -0.05) is 6.07 Å². The molecule has 7 nitrogen and oxygen atoms in total. The van der Waals surface area contributed by atoms with Crippen LogP contribution in [0.25, 0.3) is 0 Å². The third kappa shape index (κ3) is 4.06. The fraction of sp³-hybridized carbons (Fsp3) is 0.280. The van der Waals surface area contributed by atoms with Gasteiger partial charge in [-0.15, -0.1) is 0 Å². The molecular formula is C25H25N5O2. The molecule has 32 heavy (non-hydrogen) atoms. The quantitative estimate of drug-likeness (QED) is 0.499. The van der Waals surface area contributed by atoms with E-state index in [1.54, 1.807) is 12.4 Å². The molecule has 1 amide bonds. The summed E-state index contributed by atoms with van der Waals surface area (Å²) < 4.78 is 5.81. The fourth-order valence-electron chi connectivity index (χ4n) is 4.09. The minimum atomic E-state index is -0.0972. The van der Waals surface area contributed by atoms with Crippen molar-refractivity contribution in [1.29, 1.82) is 0 Å². The number of pyridine rings is 2. The summed E-state index contributed by atoms with van der Waals surface area (Å²) >= 11 is 0. The molecule has 0 aliphatic carbocycles. The number of fused-ring (bicyclic) bond motifs is 1. The Morgan fingerprint density at radius 2 is 2.03 bits per heavy atom. The van der Waals surface area contributed by atoms with Gasteiger partial charge in [0.25, 0.3) is 0 Å². The first-order valence-corrected chi connectivity index (χ1v) is 10.9. The number of carbonyl (C=O) groups is 1. The largest absolute Gasteiger partial charge is 0.491 e. The van der Waals surface area contributed by atoms with E-state index in [-0.39, 0.29) is 17.9 Å². The van der Waals surface area contributed by atoms with Crippen LogP contribution in [0.4, 0.5) is 17.3 Å². The van der Waals surface area contributed by atoms with Crippen LogP contribution in [0.5, 0.6) is 5.75 Å². The zero-order valence-electron chi connectivity index (χ0n) is 18.2. The van der Waals surface area contributed by atoms with Gasteiger partial charge in [-0.25, -0.2) is 15.0 Å². The van der Waals surface area contributed by atoms with E-state index in [0.29, 0.717) is 12.4 Å². The van der Waals surface area contributed by atoms with E-state index in [1.165, 1.54) is 0 Å². The normalized spacial score (nSPS) is 16.9. The molecule has 2 aromatic heterocycles. The second-order valence-electron chi connectivity index (χ2n) is 8.34. The molecule has 1 N–H and O–H groups in total. The number of aromatic nitrogens is 2. The van der Waals surface area contributed by atoms with Crippen molar-refractivity contribution in [2.24, 2.45) is 10.9 Å². The molecule has 162 valence electrons. The zero-order chi connectivity index (χ0) is 22.1. The topological polar surface area (TPSA) is 79.7 Å². The van der Waals surface area contributed by atoms with Gasteiger partial charge >= 0.3 is 0 Å². The Balaban J connectivity index is 1.26. The summed E-state index contributed by atoms with van der Waals surface area (Å²) in [7, 11) is 0. The monoisotopic (exact) mass is 427 g/mol. The van der Waals surface area contributed by atoms with Crippen LogP contribution in [0.15, 0.2) is 65.9 Å². The molecule has 1 atom stereocenters. The van der Waals surface area contributed by atoms with Crippen molar-refractivity contribution in [2.45, 2.75) is 26.4 Å². The Morgan fingerprint density at radius 3 is 2.84 bits per heavy atom. The average Bonchev–Trinajstić information content (AvgIpc) is 3.27. The summed E-state index contributed by atoms with van der Waals surface area (Å²) in [6, 6.07) is 15.5. The maximum atomic E-state index is 12.9. The highest BCUT2D eigenvalue weighted by atomic mass is 16.5. The van der Waals surface area contributed by atoms with E-state index in [0.717, 1.165) is 47.1 Å². The average molecular weight is 428 g/mol. The number of hydrogen-bond donors (Lipinski definition) is 1. The Bertz CT molecular complexity index is 1180. The van der Waals surface area contributed by atoms with Crippen molar-refractivity contribution in [3.05, 3.63) is 72.1 Å². The third-order valence-corrected chi connectivity index (χ3v) is 5.64. The summed E-state index contributed by atoms with van der Waals surface area (Å²) in [5.41, 5.74) is 3.80. The molecule has 1 saturated heterocycles. The standard InChI is InChI=1S/C25H25N5O2/c1-16(2)32-19-6-7-21-20(14-19)24(28-21)17-8-11-26-22(13-17)29-25(31)18-9-12-30(15-18)23-5-3-4-10-27-23/h3-8,10-11,13-14,16,18H,9,12,15H2,1-2H3,(H,26,29,31). The Kier molecular flexibility index (Phi) is 5.31. The number of hydrogen-bond acceptors (Lipinski definition) is 6. The van der Waals surface area contributed by atoms with Crippen molar-refractivity contribution < 1.29 is 9.53 Å². The lowest BCUT2D eigenvalue weighted by Crippen LogP contribution is -2.27. The predicted molar refractivity (Wildman–Crippen MR) is 125 cm³/mol. The lowest BCUT2D eigenvalue weighted by molar-refractivity contribution is -0.119. The molecule has 1 aromatic carbocycles. The molecule has 2 aliphatic heterocycles. The first kappa shape index (κ1) is 20.2. The number of aliphatic imine (C=N–C) groups is 1. The molecule has 0 spiro atoms. The van der Waals surface area contributed by atoms with Crippen molar-refractivity contribution in [3.8, 4) is 5.75 Å². The molecule has 1 fully saturated rings. The van der Waals surface area contributed by atoms with Gasteiger partial charge in [-0.2, -0.15) is 0 Å². The minimum absolute atomic E-state index is 0.0170. The van der Waals surface area contributed by atoms with Gasteiger partial charge in [-0.05, 0) is 62.7 Å². The van der Waals surface area contributed by atoms with E-state index >= 15 is 0 Å². The van der Waals surface area contributed by atoms with Crippen LogP contribution in [-0.2, 0) is 4.79 Å². The summed E-state index contributed by atoms with van der Waals surface area (Å²) in [4.78, 5) is 28.4. The van der Waals surface area contributed by atoms with Gasteiger partial charge in [-0.3, -0.25) is 4.79 Å². The van der Waals surface area contributed by atoms with Gasteiger partial charge in [0.1, 0.15) is 17.4 Å². The minimum Gasteiger partial charge on any atom is -0.491 e. The second-order valence-corrected chi connectivity index (χ2v) is 8.34. The molecule has 1 unspecified atom stereocenters. The molecule has 7 heteroatoms. The number of ether oxygens (including phenoxy) is 1. The number of anilines is 2. The fourth-order valence-corrected chi connectivity index (χ4v) is 4.09. The van der Waals surface area contributed by atoms with E-state index in [2.05, 4.69) is 25.2 Å². The Morgan fingerprint density at radius 1 is 1.12 bits per heavy atom. The highest BCUT2D eigenvalue weighted by Crippen LogP contribution is 2.36. The third-order valence-electron chi connectivity index (χ3n) is 5.64. The van der Waals surface area contributed by atoms with Crippen LogP contribution < -0.4 is 15.0 Å². The molecule has 0 radical (unpaired) electrons. The molecule has 3 aromatic rings. The molecule has 0 saturated carbocycles. The van der Waals surface area contributed by atoms with Crippen molar-refractivity contribution >= 4 is 28.9 Å². The Labute approximate surface area is 187 Å². The van der Waals surface area contributed by atoms with Crippen LogP contribution in [0.2, 0.25) is 0 Å². The number of rotatable bonds is 6. The number of amides is 1. The first-order chi connectivity index (χ1) is 15.6. The van der Waals surface area contributed by atoms with Crippen LogP contribution in [0.3, 0.4) is 0 Å². The predicted octanol–water partition coefficient (Wildman–Crippen LogP) is 4.21. The van der Waals surface area contributed by atoms with Gasteiger partial charge in [0.05, 0.1) is 23.4 Å². The molecule has 0 bridgehead atoms. The zero-order valence-corrected chi connectivity index (χ0v) is 18.2. The molecule has 4 heterocycles. The second kappa shape index (κ2) is 8.42. The number of nitrogens with one attached hydrogen (secondary N) is 1. The number of carbonyl (C=O) groups excluding carboxylic acids is 1. The van der Waals surface area contributed by atoms with Gasteiger partial charge in [0, 0.05) is 36.6 Å².